The summed E-state index contributed by atoms with van der Waals surface area (Å²) >= 11 is 1.32. The summed E-state index contributed by atoms with van der Waals surface area (Å²) in [6, 6.07) is 26.6. The van der Waals surface area contributed by atoms with Crippen molar-refractivity contribution in [3.05, 3.63) is 95.6 Å². The van der Waals surface area contributed by atoms with Crippen LogP contribution in [0.2, 0.25) is 0 Å². The van der Waals surface area contributed by atoms with Crippen molar-refractivity contribution < 1.29 is 4.79 Å². The quantitative estimate of drug-likeness (QED) is 0.297. The Morgan fingerprint density at radius 1 is 0.829 bits per heavy atom. The van der Waals surface area contributed by atoms with Gasteiger partial charge in [-0.25, -0.2) is 0 Å². The molecular formula is C28H25N5OS. The first-order valence-corrected chi connectivity index (χ1v) is 12.4. The Bertz CT molecular complexity index is 1490. The zero-order chi connectivity index (χ0) is 24.4. The number of carbonyl (C=O) groups is 1. The van der Waals surface area contributed by atoms with Crippen molar-refractivity contribution in [2.45, 2.75) is 25.9 Å². The van der Waals surface area contributed by atoms with Gasteiger partial charge in [-0.1, -0.05) is 84.1 Å². The second-order valence-corrected chi connectivity index (χ2v) is 9.47. The van der Waals surface area contributed by atoms with Crippen LogP contribution < -0.4 is 5.32 Å². The molecule has 0 aliphatic rings. The van der Waals surface area contributed by atoms with Crippen molar-refractivity contribution in [1.29, 1.82) is 0 Å². The van der Waals surface area contributed by atoms with Gasteiger partial charge >= 0.3 is 0 Å². The van der Waals surface area contributed by atoms with Gasteiger partial charge in [0.25, 0.3) is 0 Å². The molecule has 7 heteroatoms. The highest BCUT2D eigenvalue weighted by Crippen LogP contribution is 2.26. The Kier molecular flexibility index (Phi) is 6.33. The van der Waals surface area contributed by atoms with Crippen molar-refractivity contribution in [2.75, 3.05) is 11.1 Å². The van der Waals surface area contributed by atoms with E-state index in [9.17, 15) is 4.79 Å². The average molecular weight is 480 g/mol. The molecule has 6 nitrogen and oxygen atoms in total. The van der Waals surface area contributed by atoms with Gasteiger partial charge in [-0.15, -0.1) is 10.2 Å². The van der Waals surface area contributed by atoms with Crippen LogP contribution in [0.15, 0.2) is 84.0 Å². The molecule has 35 heavy (non-hydrogen) atoms. The van der Waals surface area contributed by atoms with Crippen LogP contribution in [0.5, 0.6) is 0 Å². The standard InChI is InChI=1S/C28H25N5OS/c1-18-15-19(2)27(20(3)16-18)29-26(34)17-35-28-31-30-25-14-13-24(32-33(25)28)23-11-9-22(10-12-23)21-7-5-4-6-8-21/h4-16H,17H2,1-3H3,(H,29,34). The molecule has 0 aliphatic heterocycles. The molecule has 174 valence electrons. The summed E-state index contributed by atoms with van der Waals surface area (Å²) in [5, 5.41) is 16.8. The number of thioether (sulfide) groups is 1. The lowest BCUT2D eigenvalue weighted by Gasteiger charge is -2.12. The summed E-state index contributed by atoms with van der Waals surface area (Å²) in [6.45, 7) is 6.07. The molecule has 1 N–H and O–H groups in total. The van der Waals surface area contributed by atoms with Crippen LogP contribution in [0.25, 0.3) is 28.0 Å². The summed E-state index contributed by atoms with van der Waals surface area (Å²) in [5.41, 5.74) is 8.94. The Morgan fingerprint density at radius 3 is 2.20 bits per heavy atom. The number of anilines is 1. The smallest absolute Gasteiger partial charge is 0.234 e. The van der Waals surface area contributed by atoms with Crippen LogP contribution >= 0.6 is 11.8 Å². The van der Waals surface area contributed by atoms with Crippen LogP contribution in [-0.4, -0.2) is 31.5 Å². The summed E-state index contributed by atoms with van der Waals surface area (Å²) in [6.07, 6.45) is 0. The lowest BCUT2D eigenvalue weighted by Crippen LogP contribution is -2.16. The minimum Gasteiger partial charge on any atom is -0.325 e. The molecule has 0 spiro atoms. The summed E-state index contributed by atoms with van der Waals surface area (Å²) in [4.78, 5) is 12.7. The first kappa shape index (κ1) is 22.8. The first-order valence-electron chi connectivity index (χ1n) is 11.4. The van der Waals surface area contributed by atoms with Crippen LogP contribution in [-0.2, 0) is 4.79 Å². The van der Waals surface area contributed by atoms with E-state index in [2.05, 4.69) is 71.0 Å². The summed E-state index contributed by atoms with van der Waals surface area (Å²) in [5.74, 6) is 0.125. The van der Waals surface area contributed by atoms with E-state index in [0.29, 0.717) is 10.8 Å². The molecule has 0 aliphatic carbocycles. The molecular weight excluding hydrogens is 454 g/mol. The predicted octanol–water partition coefficient (Wildman–Crippen LogP) is 6.11. The van der Waals surface area contributed by atoms with Crippen molar-refractivity contribution in [1.82, 2.24) is 19.8 Å². The fourth-order valence-electron chi connectivity index (χ4n) is 4.16. The van der Waals surface area contributed by atoms with Crippen molar-refractivity contribution in [3.63, 3.8) is 0 Å². The summed E-state index contributed by atoms with van der Waals surface area (Å²) in [7, 11) is 0. The normalized spacial score (nSPS) is 11.1. The number of nitrogens with zero attached hydrogens (tertiary/aromatic N) is 4. The van der Waals surface area contributed by atoms with E-state index in [1.165, 1.54) is 22.9 Å². The number of aromatic nitrogens is 4. The van der Waals surface area contributed by atoms with E-state index in [0.717, 1.165) is 33.6 Å². The average Bonchev–Trinajstić information content (AvgIpc) is 3.28. The minimum atomic E-state index is -0.0885. The van der Waals surface area contributed by atoms with E-state index >= 15 is 0 Å². The van der Waals surface area contributed by atoms with Gasteiger partial charge in [0.15, 0.2) is 5.65 Å². The van der Waals surface area contributed by atoms with Gasteiger partial charge in [0.1, 0.15) is 0 Å². The van der Waals surface area contributed by atoms with Gasteiger partial charge in [-0.3, -0.25) is 4.79 Å². The Labute approximate surface area is 208 Å². The second kappa shape index (κ2) is 9.72. The topological polar surface area (TPSA) is 72.2 Å². The maximum Gasteiger partial charge on any atom is 0.234 e. The molecule has 0 saturated carbocycles. The third kappa shape index (κ3) is 4.95. The number of nitrogens with one attached hydrogen (secondary N) is 1. The van der Waals surface area contributed by atoms with E-state index in [-0.39, 0.29) is 11.7 Å². The van der Waals surface area contributed by atoms with Gasteiger partial charge in [-0.2, -0.15) is 9.61 Å². The molecule has 2 heterocycles. The first-order chi connectivity index (χ1) is 17.0. The number of rotatable bonds is 6. The highest BCUT2D eigenvalue weighted by Gasteiger charge is 2.13. The third-order valence-electron chi connectivity index (χ3n) is 5.80. The van der Waals surface area contributed by atoms with Gasteiger partial charge < -0.3 is 5.32 Å². The number of hydrogen-bond donors (Lipinski definition) is 1. The van der Waals surface area contributed by atoms with Gasteiger partial charge in [0.05, 0.1) is 11.4 Å². The zero-order valence-electron chi connectivity index (χ0n) is 19.8. The third-order valence-corrected chi connectivity index (χ3v) is 6.72. The number of amides is 1. The number of aryl methyl sites for hydroxylation is 3. The van der Waals surface area contributed by atoms with Gasteiger partial charge in [-0.05, 0) is 55.2 Å². The second-order valence-electron chi connectivity index (χ2n) is 8.53. The number of carbonyl (C=O) groups excluding carboxylic acids is 1. The SMILES string of the molecule is Cc1cc(C)c(NC(=O)CSc2nnc3ccc(-c4ccc(-c5ccccc5)cc4)nn23)c(C)c1. The van der Waals surface area contributed by atoms with E-state index in [1.54, 1.807) is 4.52 Å². The minimum absolute atomic E-state index is 0.0885. The number of fused-ring (bicyclic) bond motifs is 1. The van der Waals surface area contributed by atoms with Crippen molar-refractivity contribution in [3.8, 4) is 22.4 Å². The Balaban J connectivity index is 1.32. The van der Waals surface area contributed by atoms with Gasteiger partial charge in [0.2, 0.25) is 11.1 Å². The molecule has 5 aromatic rings. The van der Waals surface area contributed by atoms with E-state index in [4.69, 9.17) is 5.10 Å². The van der Waals surface area contributed by atoms with Crippen LogP contribution in [0.4, 0.5) is 5.69 Å². The van der Waals surface area contributed by atoms with Gasteiger partial charge in [0, 0.05) is 11.3 Å². The maximum absolute atomic E-state index is 12.7. The molecule has 5 rings (SSSR count). The van der Waals surface area contributed by atoms with Crippen LogP contribution in [0.3, 0.4) is 0 Å². The molecule has 0 atom stereocenters. The molecule has 0 unspecified atom stereocenters. The molecule has 0 fully saturated rings. The largest absolute Gasteiger partial charge is 0.325 e. The number of hydrogen-bond acceptors (Lipinski definition) is 5. The maximum atomic E-state index is 12.7. The predicted molar refractivity (Wildman–Crippen MR) is 142 cm³/mol. The van der Waals surface area contributed by atoms with Crippen LogP contribution in [0.1, 0.15) is 16.7 Å². The van der Waals surface area contributed by atoms with E-state index in [1.807, 2.05) is 44.2 Å². The molecule has 2 aromatic heterocycles. The monoisotopic (exact) mass is 479 g/mol. The Morgan fingerprint density at radius 2 is 1.49 bits per heavy atom. The lowest BCUT2D eigenvalue weighted by molar-refractivity contribution is -0.113. The molecule has 1 amide bonds. The van der Waals surface area contributed by atoms with Crippen LogP contribution in [0, 0.1) is 20.8 Å². The van der Waals surface area contributed by atoms with Crippen molar-refractivity contribution >= 4 is 29.0 Å². The zero-order valence-corrected chi connectivity index (χ0v) is 20.6. The highest BCUT2D eigenvalue weighted by atomic mass is 32.2. The number of benzene rings is 3. The van der Waals surface area contributed by atoms with Crippen molar-refractivity contribution in [2.24, 2.45) is 0 Å². The lowest BCUT2D eigenvalue weighted by atomic mass is 10.0. The fraction of sp³-hybridized carbons (Fsp3) is 0.143. The fourth-order valence-corrected chi connectivity index (χ4v) is 4.85. The van der Waals surface area contributed by atoms with E-state index < -0.39 is 0 Å². The highest BCUT2D eigenvalue weighted by molar-refractivity contribution is 7.99. The Hall–Kier alpha value is -3.97. The molecule has 0 saturated heterocycles. The molecule has 0 radical (unpaired) electrons. The summed E-state index contributed by atoms with van der Waals surface area (Å²) < 4.78 is 1.70. The molecule has 3 aromatic carbocycles. The molecule has 0 bridgehead atoms.